The molecule has 0 spiro atoms. The van der Waals surface area contributed by atoms with E-state index in [1.807, 2.05) is 4.90 Å². The number of nitrogens with one attached hydrogen (secondary N) is 3. The molecule has 11 heteroatoms. The van der Waals surface area contributed by atoms with E-state index in [0.29, 0.717) is 45.1 Å². The van der Waals surface area contributed by atoms with Crippen molar-refractivity contribution in [2.75, 3.05) is 45.2 Å². The number of carbonyl (C=O) groups excluding carboxylic acids is 3. The van der Waals surface area contributed by atoms with Crippen molar-refractivity contribution in [1.82, 2.24) is 15.5 Å². The smallest absolute Gasteiger partial charge is 0.243 e. The summed E-state index contributed by atoms with van der Waals surface area (Å²) in [5, 5.41) is 7.42. The van der Waals surface area contributed by atoms with Gasteiger partial charge in [0.2, 0.25) is 17.7 Å². The third-order valence-electron chi connectivity index (χ3n) is 5.38. The Hall–Kier alpha value is -2.66. The van der Waals surface area contributed by atoms with Gasteiger partial charge >= 0.3 is 0 Å². The van der Waals surface area contributed by atoms with Crippen molar-refractivity contribution in [3.63, 3.8) is 0 Å². The van der Waals surface area contributed by atoms with Crippen LogP contribution in [0.15, 0.2) is 12.1 Å². The van der Waals surface area contributed by atoms with Gasteiger partial charge in [0.05, 0.1) is 18.3 Å². The largest absolute Gasteiger partial charge is 0.385 e. The molecule has 32 heavy (non-hydrogen) atoms. The Balaban J connectivity index is 1.73. The maximum absolute atomic E-state index is 13.6. The lowest BCUT2D eigenvalue weighted by Gasteiger charge is -2.34. The summed E-state index contributed by atoms with van der Waals surface area (Å²) in [5.74, 6) is -5.86. The van der Waals surface area contributed by atoms with Crippen LogP contribution in [0.4, 0.5) is 18.9 Å². The summed E-state index contributed by atoms with van der Waals surface area (Å²) in [6.45, 7) is 3.48. The minimum atomic E-state index is -1.69. The first-order chi connectivity index (χ1) is 15.2. The van der Waals surface area contributed by atoms with E-state index in [1.54, 1.807) is 14.0 Å². The summed E-state index contributed by atoms with van der Waals surface area (Å²) < 4.78 is 44.8. The molecule has 0 saturated carbocycles. The number of nitrogens with zero attached hydrogens (tertiary/aromatic N) is 1. The molecule has 1 aromatic rings. The molecular formula is C21H29F3N4O4. The maximum atomic E-state index is 13.6. The number of hydrogen-bond acceptors (Lipinski definition) is 5. The molecule has 1 aliphatic heterocycles. The molecule has 1 aromatic carbocycles. The SMILES string of the molecule is COCCCNC(=O)C1CCN(C(C)C(=O)NCC(=O)Nc2ccc(F)c(F)c2F)CC1. The van der Waals surface area contributed by atoms with Crippen LogP contribution in [0, 0.1) is 23.4 Å². The average molecular weight is 458 g/mol. The molecule has 1 unspecified atom stereocenters. The number of piperidine rings is 1. The molecule has 1 fully saturated rings. The number of likely N-dealkylation sites (tertiary alicyclic amines) is 1. The van der Waals surface area contributed by atoms with E-state index in [0.717, 1.165) is 12.5 Å². The van der Waals surface area contributed by atoms with Gasteiger partial charge in [-0.25, -0.2) is 13.2 Å². The molecule has 0 bridgehead atoms. The number of ether oxygens (including phenoxy) is 1. The van der Waals surface area contributed by atoms with Gasteiger partial charge in [-0.05, 0) is 51.4 Å². The highest BCUT2D eigenvalue weighted by Crippen LogP contribution is 2.20. The highest BCUT2D eigenvalue weighted by atomic mass is 19.2. The Morgan fingerprint density at radius 2 is 1.81 bits per heavy atom. The minimum Gasteiger partial charge on any atom is -0.385 e. The molecule has 0 aliphatic carbocycles. The third kappa shape index (κ3) is 7.20. The average Bonchev–Trinajstić information content (AvgIpc) is 2.80. The number of methoxy groups -OCH3 is 1. The zero-order chi connectivity index (χ0) is 23.7. The van der Waals surface area contributed by atoms with E-state index < -0.39 is 47.5 Å². The molecule has 0 aromatic heterocycles. The van der Waals surface area contributed by atoms with Crippen LogP contribution in [0.2, 0.25) is 0 Å². The fourth-order valence-corrected chi connectivity index (χ4v) is 3.42. The van der Waals surface area contributed by atoms with Gasteiger partial charge < -0.3 is 20.7 Å². The van der Waals surface area contributed by atoms with Crippen LogP contribution in [0.25, 0.3) is 0 Å². The topological polar surface area (TPSA) is 99.8 Å². The van der Waals surface area contributed by atoms with Gasteiger partial charge in [-0.2, -0.15) is 0 Å². The van der Waals surface area contributed by atoms with Crippen LogP contribution in [-0.2, 0) is 19.1 Å². The van der Waals surface area contributed by atoms with Gasteiger partial charge in [0, 0.05) is 26.2 Å². The molecule has 0 radical (unpaired) electrons. The molecule has 1 atom stereocenters. The Morgan fingerprint density at radius 3 is 2.47 bits per heavy atom. The van der Waals surface area contributed by atoms with Crippen molar-refractivity contribution >= 4 is 23.4 Å². The number of anilines is 1. The third-order valence-corrected chi connectivity index (χ3v) is 5.38. The van der Waals surface area contributed by atoms with Gasteiger partial charge in [-0.3, -0.25) is 19.3 Å². The molecule has 8 nitrogen and oxygen atoms in total. The Labute approximate surface area is 184 Å². The van der Waals surface area contributed by atoms with Crippen LogP contribution >= 0.6 is 0 Å². The monoisotopic (exact) mass is 458 g/mol. The van der Waals surface area contributed by atoms with E-state index in [1.165, 1.54) is 0 Å². The predicted octanol–water partition coefficient (Wildman–Crippen LogP) is 1.41. The quantitative estimate of drug-likeness (QED) is 0.364. The fourth-order valence-electron chi connectivity index (χ4n) is 3.42. The summed E-state index contributed by atoms with van der Waals surface area (Å²) in [5.41, 5.74) is -0.515. The summed E-state index contributed by atoms with van der Waals surface area (Å²) in [6.07, 6.45) is 1.97. The summed E-state index contributed by atoms with van der Waals surface area (Å²) in [4.78, 5) is 38.4. The van der Waals surface area contributed by atoms with Crippen molar-refractivity contribution < 1.29 is 32.3 Å². The Bertz CT molecular complexity index is 816. The lowest BCUT2D eigenvalue weighted by atomic mass is 9.95. The molecule has 3 N–H and O–H groups in total. The van der Waals surface area contributed by atoms with Crippen LogP contribution < -0.4 is 16.0 Å². The maximum Gasteiger partial charge on any atom is 0.243 e. The van der Waals surface area contributed by atoms with Crippen LogP contribution in [0.5, 0.6) is 0 Å². The molecule has 1 saturated heterocycles. The van der Waals surface area contributed by atoms with E-state index in [2.05, 4.69) is 16.0 Å². The minimum absolute atomic E-state index is 0.000934. The highest BCUT2D eigenvalue weighted by molar-refractivity contribution is 5.95. The van der Waals surface area contributed by atoms with E-state index in [9.17, 15) is 27.6 Å². The second-order valence-corrected chi connectivity index (χ2v) is 7.61. The summed E-state index contributed by atoms with van der Waals surface area (Å²) in [7, 11) is 1.60. The zero-order valence-corrected chi connectivity index (χ0v) is 18.2. The van der Waals surface area contributed by atoms with E-state index >= 15 is 0 Å². The van der Waals surface area contributed by atoms with Crippen molar-refractivity contribution in [1.29, 1.82) is 0 Å². The molecule has 1 aliphatic rings. The van der Waals surface area contributed by atoms with Gasteiger partial charge in [0.15, 0.2) is 17.5 Å². The molecule has 2 rings (SSSR count). The van der Waals surface area contributed by atoms with Crippen LogP contribution in [-0.4, -0.2) is 68.6 Å². The van der Waals surface area contributed by atoms with Gasteiger partial charge in [-0.15, -0.1) is 0 Å². The Kier molecular flexibility index (Phi) is 9.92. The van der Waals surface area contributed by atoms with Crippen LogP contribution in [0.3, 0.4) is 0 Å². The number of benzene rings is 1. The summed E-state index contributed by atoms with van der Waals surface area (Å²) >= 11 is 0. The zero-order valence-electron chi connectivity index (χ0n) is 18.2. The lowest BCUT2D eigenvalue weighted by Crippen LogP contribution is -2.50. The van der Waals surface area contributed by atoms with Crippen molar-refractivity contribution in [2.45, 2.75) is 32.2 Å². The predicted molar refractivity (Wildman–Crippen MR) is 111 cm³/mol. The second-order valence-electron chi connectivity index (χ2n) is 7.61. The normalized spacial score (nSPS) is 15.8. The second kappa shape index (κ2) is 12.4. The van der Waals surface area contributed by atoms with Crippen molar-refractivity contribution in [3.8, 4) is 0 Å². The number of amides is 3. The fraction of sp³-hybridized carbons (Fsp3) is 0.571. The first-order valence-corrected chi connectivity index (χ1v) is 10.5. The number of halogens is 3. The van der Waals surface area contributed by atoms with Gasteiger partial charge in [0.25, 0.3) is 0 Å². The number of rotatable bonds is 10. The number of hydrogen-bond donors (Lipinski definition) is 3. The molecule has 1 heterocycles. The van der Waals surface area contributed by atoms with Crippen molar-refractivity contribution in [2.24, 2.45) is 5.92 Å². The summed E-state index contributed by atoms with van der Waals surface area (Å²) in [6, 6.07) is 1.06. The lowest BCUT2D eigenvalue weighted by molar-refractivity contribution is -0.130. The van der Waals surface area contributed by atoms with Gasteiger partial charge in [0.1, 0.15) is 0 Å². The Morgan fingerprint density at radius 1 is 1.12 bits per heavy atom. The molecule has 178 valence electrons. The number of carbonyl (C=O) groups is 3. The van der Waals surface area contributed by atoms with Gasteiger partial charge in [-0.1, -0.05) is 0 Å². The first-order valence-electron chi connectivity index (χ1n) is 10.5. The van der Waals surface area contributed by atoms with Crippen molar-refractivity contribution in [3.05, 3.63) is 29.6 Å². The highest BCUT2D eigenvalue weighted by Gasteiger charge is 2.29. The van der Waals surface area contributed by atoms with E-state index in [-0.39, 0.29) is 11.8 Å². The standard InChI is InChI=1S/C21H29F3N4O4/c1-13(28-9-6-14(7-10-28)21(31)25-8-3-11-32-2)20(30)26-12-17(29)27-16-5-4-15(22)18(23)19(16)24/h4-5,13-14H,3,6-12H2,1-2H3,(H,25,31)(H,26,30)(H,27,29). The molecule has 3 amide bonds. The molecular weight excluding hydrogens is 429 g/mol. The van der Waals surface area contributed by atoms with Crippen LogP contribution in [0.1, 0.15) is 26.2 Å². The first kappa shape index (κ1) is 25.6. The van der Waals surface area contributed by atoms with E-state index in [4.69, 9.17) is 4.74 Å².